The Bertz CT molecular complexity index is 519. The number of nitrogens with one attached hydrogen (secondary N) is 3. The zero-order chi connectivity index (χ0) is 15.8. The highest BCUT2D eigenvalue weighted by Crippen LogP contribution is 2.09. The van der Waals surface area contributed by atoms with Crippen molar-refractivity contribution >= 4 is 17.4 Å². The number of nitrogens with zero attached hydrogens (tertiary/aromatic N) is 2. The summed E-state index contributed by atoms with van der Waals surface area (Å²) in [5, 5.41) is 14.0. The monoisotopic (exact) mass is 329 g/mol. The van der Waals surface area contributed by atoms with Gasteiger partial charge in [0.05, 0.1) is 23.2 Å². The SMILES string of the molecule is O=[N+]([O-])/C=C(/NCCC1OCCO1)NNc1ccc(Cl)cn1. The van der Waals surface area contributed by atoms with Gasteiger partial charge in [-0.3, -0.25) is 21.0 Å². The van der Waals surface area contributed by atoms with Gasteiger partial charge in [-0.05, 0) is 12.1 Å². The zero-order valence-electron chi connectivity index (χ0n) is 11.6. The van der Waals surface area contributed by atoms with E-state index < -0.39 is 4.92 Å². The van der Waals surface area contributed by atoms with Crippen LogP contribution in [0.3, 0.4) is 0 Å². The molecule has 1 saturated heterocycles. The predicted molar refractivity (Wildman–Crippen MR) is 79.4 cm³/mol. The quantitative estimate of drug-likeness (QED) is 0.480. The van der Waals surface area contributed by atoms with E-state index in [0.717, 1.165) is 6.20 Å². The molecule has 0 aliphatic carbocycles. The number of aromatic nitrogens is 1. The molecule has 3 N–H and O–H groups in total. The van der Waals surface area contributed by atoms with E-state index >= 15 is 0 Å². The van der Waals surface area contributed by atoms with E-state index in [9.17, 15) is 10.1 Å². The molecule has 0 atom stereocenters. The molecule has 0 aromatic carbocycles. The highest BCUT2D eigenvalue weighted by Gasteiger charge is 2.15. The van der Waals surface area contributed by atoms with Gasteiger partial charge in [-0.2, -0.15) is 0 Å². The molecule has 0 bridgehead atoms. The summed E-state index contributed by atoms with van der Waals surface area (Å²) in [7, 11) is 0. The average Bonchev–Trinajstić information content (AvgIpc) is 2.99. The van der Waals surface area contributed by atoms with Crippen molar-refractivity contribution in [3.63, 3.8) is 0 Å². The van der Waals surface area contributed by atoms with E-state index in [1.165, 1.54) is 6.20 Å². The van der Waals surface area contributed by atoms with Gasteiger partial charge < -0.3 is 14.8 Å². The van der Waals surface area contributed by atoms with Crippen molar-refractivity contribution in [1.82, 2.24) is 15.7 Å². The maximum atomic E-state index is 10.6. The molecule has 2 heterocycles. The molecule has 1 aliphatic heterocycles. The van der Waals surface area contributed by atoms with Crippen molar-refractivity contribution in [2.75, 3.05) is 25.2 Å². The molecule has 0 saturated carbocycles. The Morgan fingerprint density at radius 3 is 2.91 bits per heavy atom. The minimum absolute atomic E-state index is 0.194. The van der Waals surface area contributed by atoms with E-state index in [0.29, 0.717) is 37.0 Å². The molecule has 1 aliphatic rings. The van der Waals surface area contributed by atoms with E-state index in [4.69, 9.17) is 21.1 Å². The van der Waals surface area contributed by atoms with Crippen LogP contribution in [-0.4, -0.2) is 36.0 Å². The van der Waals surface area contributed by atoms with Crippen molar-refractivity contribution in [1.29, 1.82) is 0 Å². The number of rotatable bonds is 8. The minimum atomic E-state index is -0.561. The lowest BCUT2D eigenvalue weighted by molar-refractivity contribution is -0.404. The summed E-state index contributed by atoms with van der Waals surface area (Å²) in [4.78, 5) is 14.1. The van der Waals surface area contributed by atoms with Crippen molar-refractivity contribution in [2.24, 2.45) is 0 Å². The fourth-order valence-electron chi connectivity index (χ4n) is 1.71. The van der Waals surface area contributed by atoms with Crippen LogP contribution in [0, 0.1) is 10.1 Å². The van der Waals surface area contributed by atoms with Gasteiger partial charge in [0.15, 0.2) is 12.1 Å². The van der Waals surface area contributed by atoms with Crippen LogP contribution in [0.4, 0.5) is 5.82 Å². The minimum Gasteiger partial charge on any atom is -0.365 e. The third-order valence-electron chi connectivity index (χ3n) is 2.67. The summed E-state index contributed by atoms with van der Waals surface area (Å²) in [5.41, 5.74) is 5.42. The molecular weight excluding hydrogens is 314 g/mol. The second-order valence-corrected chi connectivity index (χ2v) is 4.76. The van der Waals surface area contributed by atoms with Crippen LogP contribution in [0.15, 0.2) is 30.4 Å². The first-order chi connectivity index (χ1) is 10.6. The molecule has 2 rings (SSSR count). The Labute approximate surface area is 131 Å². The molecule has 0 spiro atoms. The van der Waals surface area contributed by atoms with Gasteiger partial charge in [-0.25, -0.2) is 4.98 Å². The molecular formula is C12H16ClN5O4. The number of ether oxygens (including phenoxy) is 2. The van der Waals surface area contributed by atoms with Gasteiger partial charge in [0.25, 0.3) is 6.20 Å². The highest BCUT2D eigenvalue weighted by atomic mass is 35.5. The molecule has 22 heavy (non-hydrogen) atoms. The van der Waals surface area contributed by atoms with Crippen molar-refractivity contribution in [2.45, 2.75) is 12.7 Å². The number of anilines is 1. The first-order valence-corrected chi connectivity index (χ1v) is 6.97. The van der Waals surface area contributed by atoms with Crippen molar-refractivity contribution < 1.29 is 14.4 Å². The summed E-state index contributed by atoms with van der Waals surface area (Å²) in [6.45, 7) is 1.60. The molecule has 1 fully saturated rings. The zero-order valence-corrected chi connectivity index (χ0v) is 12.4. The topological polar surface area (TPSA) is 111 Å². The van der Waals surface area contributed by atoms with Crippen LogP contribution in [0.1, 0.15) is 6.42 Å². The van der Waals surface area contributed by atoms with Crippen molar-refractivity contribution in [3.05, 3.63) is 45.5 Å². The number of halogens is 1. The number of pyridine rings is 1. The molecule has 0 radical (unpaired) electrons. The van der Waals surface area contributed by atoms with E-state index in [1.54, 1.807) is 12.1 Å². The summed E-state index contributed by atoms with van der Waals surface area (Å²) in [5.74, 6) is 0.669. The van der Waals surface area contributed by atoms with Gasteiger partial charge in [0.2, 0.25) is 0 Å². The Kier molecular flexibility index (Phi) is 6.19. The summed E-state index contributed by atoms with van der Waals surface area (Å²) in [6, 6.07) is 3.29. The van der Waals surface area contributed by atoms with Crippen LogP contribution in [0.5, 0.6) is 0 Å². The number of hydrazine groups is 1. The van der Waals surface area contributed by atoms with Crippen LogP contribution in [0.25, 0.3) is 0 Å². The molecule has 0 amide bonds. The van der Waals surface area contributed by atoms with Gasteiger partial charge in [-0.15, -0.1) is 0 Å². The Morgan fingerprint density at radius 2 is 2.27 bits per heavy atom. The van der Waals surface area contributed by atoms with Crippen LogP contribution in [-0.2, 0) is 9.47 Å². The van der Waals surface area contributed by atoms with Gasteiger partial charge in [0, 0.05) is 19.2 Å². The van der Waals surface area contributed by atoms with E-state index in [1.807, 2.05) is 0 Å². The first kappa shape index (κ1) is 16.3. The molecule has 120 valence electrons. The molecule has 0 unspecified atom stereocenters. The number of hydrogen-bond donors (Lipinski definition) is 3. The first-order valence-electron chi connectivity index (χ1n) is 6.59. The third kappa shape index (κ3) is 5.72. The highest BCUT2D eigenvalue weighted by molar-refractivity contribution is 6.30. The summed E-state index contributed by atoms with van der Waals surface area (Å²) in [6.07, 6.45) is 2.59. The lowest BCUT2D eigenvalue weighted by atomic mass is 10.4. The maximum absolute atomic E-state index is 10.6. The average molecular weight is 330 g/mol. The Balaban J connectivity index is 1.80. The van der Waals surface area contributed by atoms with Crippen LogP contribution in [0.2, 0.25) is 5.02 Å². The normalized spacial score (nSPS) is 15.6. The third-order valence-corrected chi connectivity index (χ3v) is 2.90. The fraction of sp³-hybridized carbons (Fsp3) is 0.417. The second-order valence-electron chi connectivity index (χ2n) is 4.33. The van der Waals surface area contributed by atoms with Crippen LogP contribution >= 0.6 is 11.6 Å². The molecule has 1 aromatic rings. The molecule has 1 aromatic heterocycles. The van der Waals surface area contributed by atoms with Crippen molar-refractivity contribution in [3.8, 4) is 0 Å². The number of hydrogen-bond acceptors (Lipinski definition) is 8. The Hall–Kier alpha value is -2.10. The van der Waals surface area contributed by atoms with Gasteiger partial charge in [0.1, 0.15) is 5.82 Å². The summed E-state index contributed by atoms with van der Waals surface area (Å²) < 4.78 is 10.6. The van der Waals surface area contributed by atoms with E-state index in [-0.39, 0.29) is 12.1 Å². The van der Waals surface area contributed by atoms with Gasteiger partial charge in [-0.1, -0.05) is 11.6 Å². The fourth-order valence-corrected chi connectivity index (χ4v) is 1.82. The van der Waals surface area contributed by atoms with E-state index in [2.05, 4.69) is 21.2 Å². The predicted octanol–water partition coefficient (Wildman–Crippen LogP) is 1.08. The lowest BCUT2D eigenvalue weighted by Gasteiger charge is -2.14. The Morgan fingerprint density at radius 1 is 1.50 bits per heavy atom. The summed E-state index contributed by atoms with van der Waals surface area (Å²) >= 11 is 5.73. The number of nitro groups is 1. The largest absolute Gasteiger partial charge is 0.365 e. The standard InChI is InChI=1S/C12H16ClN5O4/c13-9-1-2-10(15-7-9)16-17-11(8-18(19)20)14-4-3-12-21-5-6-22-12/h1-2,7-8,12,14,17H,3-6H2,(H,15,16)/b11-8-. The molecule has 9 nitrogen and oxygen atoms in total. The van der Waals surface area contributed by atoms with Gasteiger partial charge >= 0.3 is 0 Å². The molecule has 10 heteroatoms. The lowest BCUT2D eigenvalue weighted by Crippen LogP contribution is -2.33. The second kappa shape index (κ2) is 8.37. The van der Waals surface area contributed by atoms with Crippen LogP contribution < -0.4 is 16.2 Å². The smallest absolute Gasteiger partial charge is 0.275 e. The maximum Gasteiger partial charge on any atom is 0.275 e.